The second-order valence-corrected chi connectivity index (χ2v) is 13.5. The van der Waals surface area contributed by atoms with Crippen LogP contribution in [0.1, 0.15) is 100.0 Å². The predicted octanol–water partition coefficient (Wildman–Crippen LogP) is 5.84. The van der Waals surface area contributed by atoms with E-state index < -0.39 is 47.1 Å². The van der Waals surface area contributed by atoms with Crippen molar-refractivity contribution in [3.05, 3.63) is 35.9 Å². The Bertz CT molecular complexity index is 1030. The number of benzene rings is 1. The molecule has 1 rings (SSSR count). The number of carbonyl (C=O) groups excluding carboxylic acids is 4. The molecule has 3 amide bonds. The first-order valence-corrected chi connectivity index (χ1v) is 15.2. The molecule has 0 aliphatic rings. The number of esters is 1. The standard InChI is InChI=1S/C32H54N4O8/c1-30(2,3)42-27(38)33-19-15-10-11-16-20-36(29(40)44-32(7,8)9)34-22-25(35-28(39)43-31(4,5)6)21-26(37)41-23-24-17-13-12-14-18-24/h12-14,17-18,25,34H,10-11,15-16,19-23H2,1-9H3,(H,33,38)(H,35,39)/t25-/m0/s1. The van der Waals surface area contributed by atoms with Gasteiger partial charge < -0.3 is 29.6 Å². The third-order valence-corrected chi connectivity index (χ3v) is 5.50. The van der Waals surface area contributed by atoms with Crippen molar-refractivity contribution in [2.45, 2.75) is 124 Å². The summed E-state index contributed by atoms with van der Waals surface area (Å²) in [7, 11) is 0. The number of ether oxygens (including phenoxy) is 4. The zero-order chi connectivity index (χ0) is 33.4. The Kier molecular flexibility index (Phi) is 16.0. The van der Waals surface area contributed by atoms with E-state index in [9.17, 15) is 19.2 Å². The molecule has 1 aromatic carbocycles. The molecule has 0 fully saturated rings. The molecule has 1 atom stereocenters. The number of carbonyl (C=O) groups is 4. The van der Waals surface area contributed by atoms with E-state index in [0.29, 0.717) is 19.5 Å². The first kappa shape index (κ1) is 38.5. The number of alkyl carbamates (subject to hydrolysis) is 2. The van der Waals surface area contributed by atoms with Crippen LogP contribution in [-0.2, 0) is 30.3 Å². The predicted molar refractivity (Wildman–Crippen MR) is 168 cm³/mol. The van der Waals surface area contributed by atoms with Crippen molar-refractivity contribution in [1.82, 2.24) is 21.1 Å². The van der Waals surface area contributed by atoms with E-state index in [1.54, 1.807) is 41.5 Å². The summed E-state index contributed by atoms with van der Waals surface area (Å²) >= 11 is 0. The highest BCUT2D eigenvalue weighted by atomic mass is 16.6. The van der Waals surface area contributed by atoms with Gasteiger partial charge in [0.2, 0.25) is 0 Å². The van der Waals surface area contributed by atoms with Gasteiger partial charge in [0, 0.05) is 19.6 Å². The first-order valence-electron chi connectivity index (χ1n) is 15.2. The molecule has 0 heterocycles. The zero-order valence-corrected chi connectivity index (χ0v) is 28.0. The van der Waals surface area contributed by atoms with Gasteiger partial charge in [-0.25, -0.2) is 24.8 Å². The van der Waals surface area contributed by atoms with Gasteiger partial charge in [-0.1, -0.05) is 43.2 Å². The summed E-state index contributed by atoms with van der Waals surface area (Å²) in [6.45, 7) is 16.9. The van der Waals surface area contributed by atoms with E-state index in [-0.39, 0.29) is 19.6 Å². The Morgan fingerprint density at radius 3 is 1.91 bits per heavy atom. The normalized spacial score (nSPS) is 12.5. The number of rotatable bonds is 15. The lowest BCUT2D eigenvalue weighted by molar-refractivity contribution is -0.145. The van der Waals surface area contributed by atoms with Crippen molar-refractivity contribution in [3.63, 3.8) is 0 Å². The number of nitrogens with one attached hydrogen (secondary N) is 3. The first-order chi connectivity index (χ1) is 20.3. The summed E-state index contributed by atoms with van der Waals surface area (Å²) in [5.41, 5.74) is 1.87. The molecule has 0 unspecified atom stereocenters. The quantitative estimate of drug-likeness (QED) is 0.0951. The number of hydrogen-bond donors (Lipinski definition) is 3. The van der Waals surface area contributed by atoms with E-state index in [0.717, 1.165) is 24.8 Å². The minimum atomic E-state index is -0.739. The van der Waals surface area contributed by atoms with Gasteiger partial charge in [0.25, 0.3) is 0 Å². The van der Waals surface area contributed by atoms with Crippen molar-refractivity contribution in [1.29, 1.82) is 0 Å². The van der Waals surface area contributed by atoms with Crippen molar-refractivity contribution in [2.75, 3.05) is 19.6 Å². The van der Waals surface area contributed by atoms with Crippen LogP contribution < -0.4 is 16.1 Å². The lowest BCUT2D eigenvalue weighted by atomic mass is 10.2. The number of nitrogens with zero attached hydrogens (tertiary/aromatic N) is 1. The summed E-state index contributed by atoms with van der Waals surface area (Å²) < 4.78 is 21.6. The maximum absolute atomic E-state index is 13.0. The van der Waals surface area contributed by atoms with Crippen LogP contribution in [0.25, 0.3) is 0 Å². The minimum Gasteiger partial charge on any atom is -0.461 e. The van der Waals surface area contributed by atoms with Crippen LogP contribution in [0.15, 0.2) is 30.3 Å². The third kappa shape index (κ3) is 20.4. The fraction of sp³-hybridized carbons (Fsp3) is 0.688. The van der Waals surface area contributed by atoms with Crippen LogP contribution in [0.5, 0.6) is 0 Å². The largest absolute Gasteiger partial charge is 0.461 e. The molecule has 0 radical (unpaired) electrons. The Labute approximate surface area is 262 Å². The average molecular weight is 623 g/mol. The smallest absolute Gasteiger partial charge is 0.424 e. The van der Waals surface area contributed by atoms with Gasteiger partial charge in [0.1, 0.15) is 23.4 Å². The molecule has 12 nitrogen and oxygen atoms in total. The summed E-state index contributed by atoms with van der Waals surface area (Å²) in [4.78, 5) is 50.0. The van der Waals surface area contributed by atoms with Gasteiger partial charge in [0.05, 0.1) is 12.5 Å². The summed E-state index contributed by atoms with van der Waals surface area (Å²) in [6.07, 6.45) is 1.17. The monoisotopic (exact) mass is 622 g/mol. The topological polar surface area (TPSA) is 145 Å². The van der Waals surface area contributed by atoms with E-state index in [2.05, 4.69) is 16.1 Å². The molecule has 0 bridgehead atoms. The summed E-state index contributed by atoms with van der Waals surface area (Å²) in [5, 5.41) is 6.80. The van der Waals surface area contributed by atoms with Gasteiger partial charge in [-0.2, -0.15) is 0 Å². The van der Waals surface area contributed by atoms with E-state index in [1.807, 2.05) is 51.1 Å². The molecule has 1 aromatic rings. The summed E-state index contributed by atoms with van der Waals surface area (Å²) in [5.74, 6) is -0.513. The summed E-state index contributed by atoms with van der Waals surface area (Å²) in [6, 6.07) is 8.54. The number of hydrogen-bond acceptors (Lipinski definition) is 9. The zero-order valence-electron chi connectivity index (χ0n) is 28.0. The highest BCUT2D eigenvalue weighted by Crippen LogP contribution is 2.12. The van der Waals surface area contributed by atoms with Crippen LogP contribution in [-0.4, -0.2) is 71.7 Å². The number of amides is 3. The van der Waals surface area contributed by atoms with Crippen LogP contribution in [0.3, 0.4) is 0 Å². The number of hydrazine groups is 1. The van der Waals surface area contributed by atoms with Crippen molar-refractivity contribution in [2.24, 2.45) is 0 Å². The highest BCUT2D eigenvalue weighted by molar-refractivity contribution is 5.73. The van der Waals surface area contributed by atoms with E-state index in [4.69, 9.17) is 18.9 Å². The second-order valence-electron chi connectivity index (χ2n) is 13.5. The van der Waals surface area contributed by atoms with Gasteiger partial charge >= 0.3 is 24.2 Å². The van der Waals surface area contributed by atoms with Crippen LogP contribution in [0.4, 0.5) is 14.4 Å². The van der Waals surface area contributed by atoms with E-state index in [1.165, 1.54) is 5.01 Å². The third-order valence-electron chi connectivity index (χ3n) is 5.50. The van der Waals surface area contributed by atoms with Crippen LogP contribution in [0, 0.1) is 0 Å². The lowest BCUT2D eigenvalue weighted by Crippen LogP contribution is -2.52. The van der Waals surface area contributed by atoms with Gasteiger partial charge in [0.15, 0.2) is 0 Å². The average Bonchev–Trinajstić information content (AvgIpc) is 2.85. The maximum Gasteiger partial charge on any atom is 0.424 e. The second kappa shape index (κ2) is 18.3. The molecular weight excluding hydrogens is 568 g/mol. The van der Waals surface area contributed by atoms with Crippen molar-refractivity contribution >= 4 is 24.2 Å². The van der Waals surface area contributed by atoms with Gasteiger partial charge in [-0.15, -0.1) is 0 Å². The Balaban J connectivity index is 2.75. The highest BCUT2D eigenvalue weighted by Gasteiger charge is 2.26. The molecule has 0 aromatic heterocycles. The fourth-order valence-electron chi connectivity index (χ4n) is 3.67. The Morgan fingerprint density at radius 2 is 1.32 bits per heavy atom. The lowest BCUT2D eigenvalue weighted by Gasteiger charge is -2.30. The van der Waals surface area contributed by atoms with Gasteiger partial charge in [-0.05, 0) is 80.7 Å². The van der Waals surface area contributed by atoms with E-state index >= 15 is 0 Å². The molecule has 0 spiro atoms. The molecule has 0 saturated carbocycles. The molecule has 0 aliphatic carbocycles. The van der Waals surface area contributed by atoms with Crippen molar-refractivity contribution < 1.29 is 38.1 Å². The molecule has 0 aliphatic heterocycles. The van der Waals surface area contributed by atoms with Crippen LogP contribution >= 0.6 is 0 Å². The molecule has 44 heavy (non-hydrogen) atoms. The Morgan fingerprint density at radius 1 is 0.750 bits per heavy atom. The molecule has 12 heteroatoms. The number of unbranched alkanes of at least 4 members (excludes halogenated alkanes) is 3. The maximum atomic E-state index is 13.0. The molecule has 0 saturated heterocycles. The Hall–Kier alpha value is -3.54. The molecule has 250 valence electrons. The fourth-order valence-corrected chi connectivity index (χ4v) is 3.67. The molecular formula is C32H54N4O8. The van der Waals surface area contributed by atoms with Gasteiger partial charge in [-0.3, -0.25) is 4.79 Å². The van der Waals surface area contributed by atoms with Crippen molar-refractivity contribution in [3.8, 4) is 0 Å². The molecule has 3 N–H and O–H groups in total. The van der Waals surface area contributed by atoms with Crippen LogP contribution in [0.2, 0.25) is 0 Å². The SMILES string of the molecule is CC(C)(C)OC(=O)NCCCCCCN(NC[C@H](CC(=O)OCc1ccccc1)NC(=O)OC(C)(C)C)C(=O)OC(C)(C)C. The minimum absolute atomic E-state index is 0.0404.